The summed E-state index contributed by atoms with van der Waals surface area (Å²) in [6.07, 6.45) is 4.04. The van der Waals surface area contributed by atoms with Gasteiger partial charge in [0, 0.05) is 18.4 Å². The smallest absolute Gasteiger partial charge is 0.259 e. The van der Waals surface area contributed by atoms with Crippen LogP contribution in [0.5, 0.6) is 0 Å². The molecule has 126 valence electrons. The quantitative estimate of drug-likeness (QED) is 0.769. The molecule has 2 N–H and O–H groups in total. The zero-order valence-electron chi connectivity index (χ0n) is 13.8. The van der Waals surface area contributed by atoms with Crippen molar-refractivity contribution in [1.29, 1.82) is 0 Å². The highest BCUT2D eigenvalue weighted by Crippen LogP contribution is 2.31. The van der Waals surface area contributed by atoms with Gasteiger partial charge in [0.1, 0.15) is 0 Å². The summed E-state index contributed by atoms with van der Waals surface area (Å²) in [5.41, 5.74) is 1.64. The maximum Gasteiger partial charge on any atom is 0.259 e. The van der Waals surface area contributed by atoms with Gasteiger partial charge in [0.15, 0.2) is 0 Å². The summed E-state index contributed by atoms with van der Waals surface area (Å²) in [7, 11) is 0. The second-order valence-corrected chi connectivity index (χ2v) is 6.11. The predicted octanol–water partition coefficient (Wildman–Crippen LogP) is 2.72. The molecule has 7 heteroatoms. The Morgan fingerprint density at radius 2 is 2.08 bits per heavy atom. The Hall–Kier alpha value is -3.22. The van der Waals surface area contributed by atoms with E-state index in [0.29, 0.717) is 11.5 Å². The molecule has 3 aromatic rings. The molecule has 1 aliphatic rings. The van der Waals surface area contributed by atoms with E-state index in [-0.39, 0.29) is 23.9 Å². The Kier molecular flexibility index (Phi) is 3.89. The fraction of sp³-hybridized carbons (Fsp3) is 0.222. The first kappa shape index (κ1) is 15.3. The average molecular weight is 334 g/mol. The molecule has 0 bridgehead atoms. The number of nitrogens with zero attached hydrogens (tertiary/aromatic N) is 4. The number of fused-ring (bicyclic) bond motifs is 1. The molecule has 0 saturated carbocycles. The van der Waals surface area contributed by atoms with Gasteiger partial charge in [-0.3, -0.25) is 15.1 Å². The van der Waals surface area contributed by atoms with Crippen molar-refractivity contribution < 1.29 is 4.79 Å². The van der Waals surface area contributed by atoms with Crippen LogP contribution in [0.2, 0.25) is 0 Å². The number of hydrogen-bond donors (Lipinski definition) is 2. The van der Waals surface area contributed by atoms with E-state index in [1.807, 2.05) is 22.9 Å². The van der Waals surface area contributed by atoms with Gasteiger partial charge in [-0.05, 0) is 31.0 Å². The minimum Gasteiger partial charge on any atom is -0.352 e. The molecule has 0 aliphatic carbocycles. The molecular weight excluding hydrogens is 316 g/mol. The molecule has 25 heavy (non-hydrogen) atoms. The van der Waals surface area contributed by atoms with Crippen molar-refractivity contribution in [3.8, 4) is 0 Å². The molecule has 7 nitrogen and oxygen atoms in total. The molecule has 0 radical (unpaired) electrons. The average Bonchev–Trinajstić information content (AvgIpc) is 3.04. The third-order valence-electron chi connectivity index (χ3n) is 4.21. The van der Waals surface area contributed by atoms with Crippen molar-refractivity contribution in [1.82, 2.24) is 19.7 Å². The van der Waals surface area contributed by atoms with Crippen LogP contribution in [0.15, 0.2) is 54.9 Å². The lowest BCUT2D eigenvalue weighted by molar-refractivity contribution is 0.102. The maximum absolute atomic E-state index is 12.3. The SMILES string of the molecule is CC1CC(c2ccccc2)n2nc(NC(=O)c3cccnc3)nc2N1. The fourth-order valence-electron chi connectivity index (χ4n) is 3.03. The second kappa shape index (κ2) is 6.35. The van der Waals surface area contributed by atoms with Crippen molar-refractivity contribution in [2.75, 3.05) is 10.6 Å². The predicted molar refractivity (Wildman–Crippen MR) is 94.5 cm³/mol. The first-order valence-electron chi connectivity index (χ1n) is 8.20. The monoisotopic (exact) mass is 334 g/mol. The zero-order chi connectivity index (χ0) is 17.2. The summed E-state index contributed by atoms with van der Waals surface area (Å²) < 4.78 is 1.84. The highest BCUT2D eigenvalue weighted by molar-refractivity contribution is 6.03. The van der Waals surface area contributed by atoms with E-state index in [1.165, 1.54) is 11.8 Å². The lowest BCUT2D eigenvalue weighted by atomic mass is 9.99. The summed E-state index contributed by atoms with van der Waals surface area (Å²) in [5, 5.41) is 10.6. The van der Waals surface area contributed by atoms with E-state index in [1.54, 1.807) is 18.3 Å². The number of hydrogen-bond acceptors (Lipinski definition) is 5. The first-order chi connectivity index (χ1) is 12.2. The molecule has 1 aromatic carbocycles. The van der Waals surface area contributed by atoms with Crippen LogP contribution in [0.4, 0.5) is 11.9 Å². The highest BCUT2D eigenvalue weighted by atomic mass is 16.1. The van der Waals surface area contributed by atoms with Crippen LogP contribution in [-0.4, -0.2) is 31.7 Å². The van der Waals surface area contributed by atoms with Gasteiger partial charge in [-0.15, -0.1) is 5.10 Å². The van der Waals surface area contributed by atoms with Crippen LogP contribution in [0, 0.1) is 0 Å². The van der Waals surface area contributed by atoms with Crippen molar-refractivity contribution in [3.63, 3.8) is 0 Å². The van der Waals surface area contributed by atoms with Crippen LogP contribution in [0.25, 0.3) is 0 Å². The Bertz CT molecular complexity index is 877. The van der Waals surface area contributed by atoms with Gasteiger partial charge in [0.25, 0.3) is 11.9 Å². The van der Waals surface area contributed by atoms with Gasteiger partial charge in [0.05, 0.1) is 11.6 Å². The number of rotatable bonds is 3. The van der Waals surface area contributed by atoms with Crippen LogP contribution < -0.4 is 10.6 Å². The molecule has 2 unspecified atom stereocenters. The Balaban J connectivity index is 1.62. The summed E-state index contributed by atoms with van der Waals surface area (Å²) in [6, 6.07) is 14.0. The minimum absolute atomic E-state index is 0.0870. The summed E-state index contributed by atoms with van der Waals surface area (Å²) in [5.74, 6) is 0.667. The van der Waals surface area contributed by atoms with Gasteiger partial charge < -0.3 is 5.32 Å². The summed E-state index contributed by atoms with van der Waals surface area (Å²) >= 11 is 0. The molecule has 2 atom stereocenters. The molecule has 4 rings (SSSR count). The molecule has 1 aliphatic heterocycles. The fourth-order valence-corrected chi connectivity index (χ4v) is 3.03. The number of amides is 1. The van der Waals surface area contributed by atoms with Gasteiger partial charge >= 0.3 is 0 Å². The van der Waals surface area contributed by atoms with E-state index in [4.69, 9.17) is 0 Å². The third-order valence-corrected chi connectivity index (χ3v) is 4.21. The third kappa shape index (κ3) is 3.08. The standard InChI is InChI=1S/C18H18N6O/c1-12-10-15(13-6-3-2-4-7-13)24-18(20-12)22-17(23-24)21-16(25)14-8-5-9-19-11-14/h2-9,11-12,15H,10H2,1H3,(H2,20,21,22,23,25). The molecule has 3 heterocycles. The number of benzene rings is 1. The first-order valence-corrected chi connectivity index (χ1v) is 8.20. The van der Waals surface area contributed by atoms with Crippen molar-refractivity contribution in [2.24, 2.45) is 0 Å². The number of aromatic nitrogens is 4. The number of nitrogens with one attached hydrogen (secondary N) is 2. The van der Waals surface area contributed by atoms with Crippen LogP contribution in [0.1, 0.15) is 35.3 Å². The largest absolute Gasteiger partial charge is 0.352 e. The highest BCUT2D eigenvalue weighted by Gasteiger charge is 2.28. The van der Waals surface area contributed by atoms with E-state index in [0.717, 1.165) is 6.42 Å². The Labute approximate surface area is 145 Å². The van der Waals surface area contributed by atoms with E-state index >= 15 is 0 Å². The molecular formula is C18H18N6O. The van der Waals surface area contributed by atoms with Gasteiger partial charge in [-0.25, -0.2) is 4.68 Å². The van der Waals surface area contributed by atoms with E-state index in [9.17, 15) is 4.79 Å². The number of pyridine rings is 1. The second-order valence-electron chi connectivity index (χ2n) is 6.11. The Morgan fingerprint density at radius 3 is 2.84 bits per heavy atom. The lowest BCUT2D eigenvalue weighted by Gasteiger charge is -2.29. The van der Waals surface area contributed by atoms with Crippen molar-refractivity contribution in [3.05, 3.63) is 66.0 Å². The van der Waals surface area contributed by atoms with Crippen molar-refractivity contribution in [2.45, 2.75) is 25.4 Å². The van der Waals surface area contributed by atoms with Gasteiger partial charge in [-0.1, -0.05) is 30.3 Å². The minimum atomic E-state index is -0.277. The van der Waals surface area contributed by atoms with Gasteiger partial charge in [-0.2, -0.15) is 4.98 Å². The van der Waals surface area contributed by atoms with E-state index < -0.39 is 0 Å². The molecule has 1 amide bonds. The van der Waals surface area contributed by atoms with Crippen molar-refractivity contribution >= 4 is 17.8 Å². The number of anilines is 2. The van der Waals surface area contributed by atoms with Crippen LogP contribution >= 0.6 is 0 Å². The summed E-state index contributed by atoms with van der Waals surface area (Å²) in [4.78, 5) is 20.7. The summed E-state index contributed by atoms with van der Waals surface area (Å²) in [6.45, 7) is 2.11. The number of carbonyl (C=O) groups is 1. The zero-order valence-corrected chi connectivity index (χ0v) is 13.8. The molecule has 0 saturated heterocycles. The molecule has 2 aromatic heterocycles. The van der Waals surface area contributed by atoms with Gasteiger partial charge in [0.2, 0.25) is 5.95 Å². The lowest BCUT2D eigenvalue weighted by Crippen LogP contribution is -2.31. The van der Waals surface area contributed by atoms with Crippen LogP contribution in [0.3, 0.4) is 0 Å². The Morgan fingerprint density at radius 1 is 1.24 bits per heavy atom. The topological polar surface area (TPSA) is 84.7 Å². The van der Waals surface area contributed by atoms with Crippen LogP contribution in [-0.2, 0) is 0 Å². The molecule has 0 fully saturated rings. The number of carbonyl (C=O) groups excluding carboxylic acids is 1. The molecule has 0 spiro atoms. The van der Waals surface area contributed by atoms with E-state index in [2.05, 4.69) is 44.8 Å². The normalized spacial score (nSPS) is 18.9. The maximum atomic E-state index is 12.3.